The minimum atomic E-state index is -3.76. The molecule has 0 saturated carbocycles. The molecule has 0 radical (unpaired) electrons. The average molecular weight is 427 g/mol. The molecular formula is C17H22N4O5S2. The van der Waals surface area contributed by atoms with E-state index in [1.54, 1.807) is 48.9 Å². The van der Waals surface area contributed by atoms with Crippen molar-refractivity contribution in [2.24, 2.45) is 7.05 Å². The molecule has 152 valence electrons. The molecule has 4 rings (SSSR count). The molecule has 1 aromatic heterocycles. The number of benzene rings is 1. The van der Waals surface area contributed by atoms with Crippen LogP contribution in [0.1, 0.15) is 5.82 Å². The maximum Gasteiger partial charge on any atom is 0.262 e. The third-order valence-electron chi connectivity index (χ3n) is 5.09. The Morgan fingerprint density at radius 3 is 1.96 bits per heavy atom. The van der Waals surface area contributed by atoms with Gasteiger partial charge in [0.25, 0.3) is 10.0 Å². The highest BCUT2D eigenvalue weighted by Crippen LogP contribution is 2.27. The Morgan fingerprint density at radius 1 is 0.929 bits per heavy atom. The van der Waals surface area contributed by atoms with Gasteiger partial charge in [0.1, 0.15) is 5.82 Å². The van der Waals surface area contributed by atoms with Crippen molar-refractivity contribution in [1.29, 1.82) is 0 Å². The molecule has 9 nitrogen and oxygen atoms in total. The van der Waals surface area contributed by atoms with E-state index in [9.17, 15) is 16.8 Å². The van der Waals surface area contributed by atoms with Crippen LogP contribution < -0.4 is 0 Å². The van der Waals surface area contributed by atoms with Gasteiger partial charge < -0.3 is 9.30 Å². The quantitative estimate of drug-likeness (QED) is 0.692. The van der Waals surface area contributed by atoms with Crippen LogP contribution in [-0.4, -0.2) is 73.4 Å². The highest BCUT2D eigenvalue weighted by molar-refractivity contribution is 7.89. The number of nitrogens with zero attached hydrogens (tertiary/aromatic N) is 4. The van der Waals surface area contributed by atoms with Crippen molar-refractivity contribution in [1.82, 2.24) is 18.2 Å². The van der Waals surface area contributed by atoms with Crippen LogP contribution in [0.3, 0.4) is 0 Å². The topological polar surface area (TPSA) is 102 Å². The zero-order valence-electron chi connectivity index (χ0n) is 15.6. The second kappa shape index (κ2) is 6.92. The number of imidazole rings is 1. The predicted octanol–water partition coefficient (Wildman–Crippen LogP) is 0.191. The van der Waals surface area contributed by atoms with Gasteiger partial charge in [-0.1, -0.05) is 18.2 Å². The Kier molecular flexibility index (Phi) is 4.82. The second-order valence-electron chi connectivity index (χ2n) is 7.07. The van der Waals surface area contributed by atoms with Crippen molar-refractivity contribution in [3.63, 3.8) is 0 Å². The number of fused-ring (bicyclic) bond motifs is 2. The van der Waals surface area contributed by atoms with Crippen molar-refractivity contribution >= 4 is 20.0 Å². The molecule has 11 heteroatoms. The fourth-order valence-electron chi connectivity index (χ4n) is 3.53. The molecule has 3 heterocycles. The first-order valence-electron chi connectivity index (χ1n) is 8.88. The number of rotatable bonds is 4. The summed E-state index contributed by atoms with van der Waals surface area (Å²) in [6, 6.07) is 8.23. The van der Waals surface area contributed by atoms with Crippen molar-refractivity contribution < 1.29 is 21.6 Å². The van der Waals surface area contributed by atoms with Crippen LogP contribution in [0.15, 0.2) is 46.5 Å². The van der Waals surface area contributed by atoms with Gasteiger partial charge in [0.2, 0.25) is 10.0 Å². The molecule has 2 fully saturated rings. The summed E-state index contributed by atoms with van der Waals surface area (Å²) < 4.78 is 61.9. The SMILES string of the molecule is Cc1nc(S(=O)(=O)N2C[C@H]3CN(S(=O)(=O)c4ccccc4)C[C@@H](C2)O3)cn1C. The second-order valence-corrected chi connectivity index (χ2v) is 10.9. The van der Waals surface area contributed by atoms with Crippen LogP contribution in [0, 0.1) is 6.92 Å². The van der Waals surface area contributed by atoms with E-state index in [4.69, 9.17) is 4.74 Å². The lowest BCUT2D eigenvalue weighted by Crippen LogP contribution is -2.61. The van der Waals surface area contributed by atoms with Crippen LogP contribution >= 0.6 is 0 Å². The first-order valence-corrected chi connectivity index (χ1v) is 11.8. The zero-order valence-corrected chi connectivity index (χ0v) is 17.2. The highest BCUT2D eigenvalue weighted by Gasteiger charge is 2.43. The summed E-state index contributed by atoms with van der Waals surface area (Å²) in [6.45, 7) is 2.14. The molecule has 2 aliphatic rings. The van der Waals surface area contributed by atoms with Crippen molar-refractivity contribution in [3.05, 3.63) is 42.4 Å². The summed E-state index contributed by atoms with van der Waals surface area (Å²) in [5, 5.41) is 0.00115. The van der Waals surface area contributed by atoms with Crippen LogP contribution in [0.5, 0.6) is 0 Å². The number of aryl methyl sites for hydroxylation is 2. The van der Waals surface area contributed by atoms with Gasteiger partial charge in [0, 0.05) is 39.4 Å². The number of sulfonamides is 2. The van der Waals surface area contributed by atoms with E-state index in [2.05, 4.69) is 4.98 Å². The maximum absolute atomic E-state index is 12.9. The van der Waals surface area contributed by atoms with Crippen molar-refractivity contribution in [3.8, 4) is 0 Å². The lowest BCUT2D eigenvalue weighted by atomic mass is 10.2. The number of morpholine rings is 2. The molecule has 28 heavy (non-hydrogen) atoms. The lowest BCUT2D eigenvalue weighted by molar-refractivity contribution is -0.104. The molecule has 2 bridgehead atoms. The number of aromatic nitrogens is 2. The molecule has 1 aromatic carbocycles. The Morgan fingerprint density at radius 2 is 1.46 bits per heavy atom. The summed E-state index contributed by atoms with van der Waals surface area (Å²) in [6.07, 6.45) is 0.443. The van der Waals surface area contributed by atoms with E-state index in [0.717, 1.165) is 0 Å². The largest absolute Gasteiger partial charge is 0.369 e. The summed E-state index contributed by atoms with van der Waals surface area (Å²) in [4.78, 5) is 4.36. The Labute approximate surface area is 164 Å². The fourth-order valence-corrected chi connectivity index (χ4v) is 6.59. The third-order valence-corrected chi connectivity index (χ3v) is 8.63. The van der Waals surface area contributed by atoms with E-state index < -0.39 is 32.3 Å². The van der Waals surface area contributed by atoms with Gasteiger partial charge in [-0.25, -0.2) is 21.8 Å². The van der Waals surface area contributed by atoms with Gasteiger partial charge in [-0.3, -0.25) is 0 Å². The lowest BCUT2D eigenvalue weighted by Gasteiger charge is -2.44. The predicted molar refractivity (Wildman–Crippen MR) is 101 cm³/mol. The molecule has 0 aliphatic carbocycles. The van der Waals surface area contributed by atoms with Gasteiger partial charge in [-0.2, -0.15) is 8.61 Å². The van der Waals surface area contributed by atoms with E-state index in [1.165, 1.54) is 14.8 Å². The first-order chi connectivity index (χ1) is 13.2. The van der Waals surface area contributed by atoms with Gasteiger partial charge in [0.05, 0.1) is 17.1 Å². The summed E-state index contributed by atoms with van der Waals surface area (Å²) in [7, 11) is -5.66. The highest BCUT2D eigenvalue weighted by atomic mass is 32.2. The Balaban J connectivity index is 1.54. The van der Waals surface area contributed by atoms with E-state index in [1.807, 2.05) is 0 Å². The van der Waals surface area contributed by atoms with Crippen LogP contribution in [-0.2, 0) is 31.8 Å². The fraction of sp³-hybridized carbons (Fsp3) is 0.471. The first kappa shape index (κ1) is 19.5. The summed E-state index contributed by atoms with van der Waals surface area (Å²) in [5.74, 6) is 0.604. The van der Waals surface area contributed by atoms with E-state index in [0.29, 0.717) is 5.82 Å². The smallest absolute Gasteiger partial charge is 0.262 e. The third kappa shape index (κ3) is 3.37. The standard InChI is InChI=1S/C17H22N4O5S2/c1-13-18-17(12-19(13)2)28(24,25)21-10-14-8-20(9-15(11-21)26-14)27(22,23)16-6-4-3-5-7-16/h3-7,12,14-15H,8-11H2,1-2H3/t14-,15+. The average Bonchev–Trinajstić information content (AvgIpc) is 3.01. The van der Waals surface area contributed by atoms with Gasteiger partial charge in [-0.15, -0.1) is 0 Å². The van der Waals surface area contributed by atoms with Crippen LogP contribution in [0.4, 0.5) is 0 Å². The minimum absolute atomic E-state index is 0.00115. The number of ether oxygens (including phenoxy) is 1. The monoisotopic (exact) mass is 426 g/mol. The normalized spacial score (nSPS) is 24.4. The Bertz CT molecular complexity index is 1050. The van der Waals surface area contributed by atoms with E-state index in [-0.39, 0.29) is 36.1 Å². The number of hydrogen-bond acceptors (Lipinski definition) is 6. The molecule has 2 aliphatic heterocycles. The summed E-state index contributed by atoms with van der Waals surface area (Å²) >= 11 is 0. The zero-order chi connectivity index (χ0) is 20.1. The van der Waals surface area contributed by atoms with Crippen LogP contribution in [0.25, 0.3) is 0 Å². The minimum Gasteiger partial charge on any atom is -0.369 e. The van der Waals surface area contributed by atoms with Crippen LogP contribution in [0.2, 0.25) is 0 Å². The van der Waals surface area contributed by atoms with Crippen molar-refractivity contribution in [2.75, 3.05) is 26.2 Å². The molecule has 0 amide bonds. The molecular weight excluding hydrogens is 404 g/mol. The summed E-state index contributed by atoms with van der Waals surface area (Å²) in [5.41, 5.74) is 0. The van der Waals surface area contributed by atoms with Gasteiger partial charge in [0.15, 0.2) is 5.03 Å². The van der Waals surface area contributed by atoms with Gasteiger partial charge >= 0.3 is 0 Å². The molecule has 0 spiro atoms. The number of hydrogen-bond donors (Lipinski definition) is 0. The molecule has 2 aromatic rings. The molecule has 2 saturated heterocycles. The molecule has 0 unspecified atom stereocenters. The van der Waals surface area contributed by atoms with E-state index >= 15 is 0 Å². The molecule has 2 atom stereocenters. The Hall–Kier alpha value is -1.79. The maximum atomic E-state index is 12.9. The molecule has 0 N–H and O–H groups in total. The van der Waals surface area contributed by atoms with Gasteiger partial charge in [-0.05, 0) is 19.1 Å². The van der Waals surface area contributed by atoms with Crippen molar-refractivity contribution in [2.45, 2.75) is 29.1 Å².